The van der Waals surface area contributed by atoms with Crippen LogP contribution in [-0.4, -0.2) is 22.0 Å². The molecular formula is C8H14O2S2. The van der Waals surface area contributed by atoms with Crippen molar-refractivity contribution < 1.29 is 9.53 Å². The molecule has 0 unspecified atom stereocenters. The lowest BCUT2D eigenvalue weighted by Crippen LogP contribution is -2.07. The highest BCUT2D eigenvalue weighted by Gasteiger charge is 2.02. The number of hydrogen-bond donors (Lipinski definition) is 0. The molecule has 0 aliphatic rings. The van der Waals surface area contributed by atoms with Crippen molar-refractivity contribution in [2.24, 2.45) is 0 Å². The fourth-order valence-corrected chi connectivity index (χ4v) is 1.76. The zero-order chi connectivity index (χ0) is 9.56. The zero-order valence-corrected chi connectivity index (χ0v) is 9.26. The van der Waals surface area contributed by atoms with E-state index in [0.717, 1.165) is 5.75 Å². The number of carbonyl (C=O) groups excluding carboxylic acids is 1. The van der Waals surface area contributed by atoms with Gasteiger partial charge in [-0.05, 0) is 33.0 Å². The van der Waals surface area contributed by atoms with Crippen LogP contribution in [0.4, 0.5) is 0 Å². The average molecular weight is 206 g/mol. The molecule has 0 heterocycles. The van der Waals surface area contributed by atoms with Crippen LogP contribution in [0.15, 0.2) is 0 Å². The van der Waals surface area contributed by atoms with E-state index in [1.54, 1.807) is 6.92 Å². The van der Waals surface area contributed by atoms with E-state index in [0.29, 0.717) is 10.8 Å². The van der Waals surface area contributed by atoms with Crippen LogP contribution in [0.2, 0.25) is 0 Å². The Hall–Kier alpha value is -0.0900. The third kappa shape index (κ3) is 8.01. The van der Waals surface area contributed by atoms with Crippen LogP contribution in [0.5, 0.6) is 0 Å². The number of Topliss-reactive ketones (excluding diaryl/α,β-unsaturated/α-hetero) is 1. The fraction of sp³-hybridized carbons (Fsp3) is 0.750. The van der Waals surface area contributed by atoms with Gasteiger partial charge in [0.2, 0.25) is 4.38 Å². The van der Waals surface area contributed by atoms with E-state index in [-0.39, 0.29) is 11.9 Å². The Bertz CT molecular complexity index is 166. The van der Waals surface area contributed by atoms with E-state index >= 15 is 0 Å². The molecule has 0 fully saturated rings. The van der Waals surface area contributed by atoms with E-state index in [1.807, 2.05) is 13.8 Å². The van der Waals surface area contributed by atoms with Crippen molar-refractivity contribution in [3.05, 3.63) is 0 Å². The second kappa shape index (κ2) is 6.43. The fourth-order valence-electron chi connectivity index (χ4n) is 0.505. The third-order valence-electron chi connectivity index (χ3n) is 1.01. The SMILES string of the molecule is CC(=O)CCSC(=S)OC(C)C. The van der Waals surface area contributed by atoms with Crippen molar-refractivity contribution >= 4 is 34.1 Å². The van der Waals surface area contributed by atoms with Crippen molar-refractivity contribution in [3.63, 3.8) is 0 Å². The summed E-state index contributed by atoms with van der Waals surface area (Å²) < 4.78 is 5.75. The molecule has 0 aromatic heterocycles. The maximum atomic E-state index is 10.6. The molecule has 0 saturated carbocycles. The summed E-state index contributed by atoms with van der Waals surface area (Å²) in [5.74, 6) is 0.913. The highest BCUT2D eigenvalue weighted by atomic mass is 32.2. The number of ketones is 1. The molecule has 0 aliphatic heterocycles. The van der Waals surface area contributed by atoms with Crippen molar-refractivity contribution in [3.8, 4) is 0 Å². The highest BCUT2D eigenvalue weighted by Crippen LogP contribution is 2.09. The lowest BCUT2D eigenvalue weighted by Gasteiger charge is -2.08. The van der Waals surface area contributed by atoms with Gasteiger partial charge in [-0.1, -0.05) is 11.8 Å². The zero-order valence-electron chi connectivity index (χ0n) is 7.62. The van der Waals surface area contributed by atoms with Crippen molar-refractivity contribution in [2.75, 3.05) is 5.75 Å². The van der Waals surface area contributed by atoms with Gasteiger partial charge in [0.05, 0.1) is 6.10 Å². The Morgan fingerprint density at radius 1 is 1.58 bits per heavy atom. The van der Waals surface area contributed by atoms with Crippen LogP contribution >= 0.6 is 24.0 Å². The van der Waals surface area contributed by atoms with E-state index in [4.69, 9.17) is 17.0 Å². The summed E-state index contributed by atoms with van der Waals surface area (Å²) in [6.07, 6.45) is 0.689. The predicted octanol–water partition coefficient (Wildman–Crippen LogP) is 2.41. The molecule has 0 radical (unpaired) electrons. The van der Waals surface area contributed by atoms with Gasteiger partial charge in [-0.25, -0.2) is 0 Å². The summed E-state index contributed by atoms with van der Waals surface area (Å²) in [7, 11) is 0. The summed E-state index contributed by atoms with van der Waals surface area (Å²) in [6, 6.07) is 0. The summed E-state index contributed by atoms with van der Waals surface area (Å²) in [4.78, 5) is 10.6. The topological polar surface area (TPSA) is 26.3 Å². The van der Waals surface area contributed by atoms with Gasteiger partial charge in [-0.3, -0.25) is 4.79 Å². The number of thiocarbonyl (C=S) groups is 1. The first kappa shape index (κ1) is 11.9. The Kier molecular flexibility index (Phi) is 6.38. The molecule has 2 nitrogen and oxygen atoms in total. The van der Waals surface area contributed by atoms with Crippen molar-refractivity contribution in [1.29, 1.82) is 0 Å². The Balaban J connectivity index is 3.38. The van der Waals surface area contributed by atoms with Crippen LogP contribution in [0.25, 0.3) is 0 Å². The Labute approximate surface area is 83.1 Å². The maximum absolute atomic E-state index is 10.6. The van der Waals surface area contributed by atoms with Crippen LogP contribution in [0, 0.1) is 0 Å². The van der Waals surface area contributed by atoms with Gasteiger partial charge in [-0.2, -0.15) is 0 Å². The first-order valence-corrected chi connectivity index (χ1v) is 5.24. The first-order valence-electron chi connectivity index (χ1n) is 3.85. The van der Waals surface area contributed by atoms with Gasteiger partial charge in [0, 0.05) is 12.2 Å². The van der Waals surface area contributed by atoms with E-state index in [9.17, 15) is 4.79 Å². The van der Waals surface area contributed by atoms with Gasteiger partial charge >= 0.3 is 0 Å². The minimum Gasteiger partial charge on any atom is -0.476 e. The smallest absolute Gasteiger partial charge is 0.220 e. The summed E-state index contributed by atoms with van der Waals surface area (Å²) in [5, 5.41) is 0. The minimum absolute atomic E-state index is 0.127. The van der Waals surface area contributed by atoms with Crippen LogP contribution in [0.3, 0.4) is 0 Å². The van der Waals surface area contributed by atoms with Crippen LogP contribution in [0.1, 0.15) is 27.2 Å². The summed E-state index contributed by atoms with van der Waals surface area (Å²) in [6.45, 7) is 5.43. The van der Waals surface area contributed by atoms with Gasteiger partial charge < -0.3 is 4.74 Å². The number of hydrogen-bond acceptors (Lipinski definition) is 4. The van der Waals surface area contributed by atoms with Gasteiger partial charge in [0.1, 0.15) is 5.78 Å². The molecule has 0 bridgehead atoms. The van der Waals surface area contributed by atoms with Gasteiger partial charge in [0.25, 0.3) is 0 Å². The molecule has 12 heavy (non-hydrogen) atoms. The largest absolute Gasteiger partial charge is 0.476 e. The second-order valence-corrected chi connectivity index (χ2v) is 4.41. The molecular weight excluding hydrogens is 192 g/mol. The number of carbonyl (C=O) groups is 1. The molecule has 0 amide bonds. The number of rotatable bonds is 4. The first-order chi connectivity index (χ1) is 5.52. The Morgan fingerprint density at radius 2 is 2.17 bits per heavy atom. The van der Waals surface area contributed by atoms with Gasteiger partial charge in [-0.15, -0.1) is 0 Å². The van der Waals surface area contributed by atoms with Gasteiger partial charge in [0.15, 0.2) is 0 Å². The molecule has 0 aliphatic carbocycles. The molecule has 4 heteroatoms. The average Bonchev–Trinajstić information content (AvgIpc) is 1.84. The van der Waals surface area contributed by atoms with Crippen molar-refractivity contribution in [2.45, 2.75) is 33.3 Å². The molecule has 70 valence electrons. The van der Waals surface area contributed by atoms with Crippen LogP contribution in [-0.2, 0) is 9.53 Å². The number of thioether (sulfide) groups is 1. The summed E-state index contributed by atoms with van der Waals surface area (Å²) >= 11 is 6.33. The third-order valence-corrected chi connectivity index (χ3v) is 2.20. The van der Waals surface area contributed by atoms with E-state index < -0.39 is 0 Å². The molecule has 0 N–H and O–H groups in total. The normalized spacial score (nSPS) is 10.0. The lowest BCUT2D eigenvalue weighted by molar-refractivity contribution is -0.116. The molecule has 0 aromatic rings. The number of ether oxygens (including phenoxy) is 1. The second-order valence-electron chi connectivity index (χ2n) is 2.72. The molecule has 0 saturated heterocycles. The predicted molar refractivity (Wildman–Crippen MR) is 56.6 cm³/mol. The summed E-state index contributed by atoms with van der Waals surface area (Å²) in [5.41, 5.74) is 0. The van der Waals surface area contributed by atoms with E-state index in [2.05, 4.69) is 0 Å². The molecule has 0 rings (SSSR count). The minimum atomic E-state index is 0.127. The monoisotopic (exact) mass is 206 g/mol. The highest BCUT2D eigenvalue weighted by molar-refractivity contribution is 8.22. The standard InChI is InChI=1S/C8H14O2S2/c1-6(2)10-8(11)12-5-4-7(3)9/h6H,4-5H2,1-3H3. The molecule has 0 atom stereocenters. The quantitative estimate of drug-likeness (QED) is 0.660. The van der Waals surface area contributed by atoms with Crippen LogP contribution < -0.4 is 0 Å². The van der Waals surface area contributed by atoms with E-state index in [1.165, 1.54) is 11.8 Å². The van der Waals surface area contributed by atoms with Crippen molar-refractivity contribution in [1.82, 2.24) is 0 Å². The molecule has 0 spiro atoms. The Morgan fingerprint density at radius 3 is 2.58 bits per heavy atom. The maximum Gasteiger partial charge on any atom is 0.220 e. The lowest BCUT2D eigenvalue weighted by atomic mass is 10.4. The molecule has 0 aromatic carbocycles.